The van der Waals surface area contributed by atoms with Crippen molar-refractivity contribution in [3.8, 4) is 0 Å². The number of hydrogen-bond acceptors (Lipinski definition) is 6. The van der Waals surface area contributed by atoms with Crippen molar-refractivity contribution in [3.63, 3.8) is 0 Å². The topological polar surface area (TPSA) is 111 Å². The Kier molecular flexibility index (Phi) is 52.7. The number of ether oxygens (including phenoxy) is 1. The first-order valence-electron chi connectivity index (χ1n) is 30.5. The third-order valence-corrected chi connectivity index (χ3v) is 13.6. The van der Waals surface area contributed by atoms with Crippen LogP contribution in [0.25, 0.3) is 0 Å². The van der Waals surface area contributed by atoms with Crippen LogP contribution >= 0.6 is 7.82 Å². The molecule has 0 aromatic rings. The molecule has 3 atom stereocenters. The summed E-state index contributed by atoms with van der Waals surface area (Å²) in [5.41, 5.74) is 0. The third kappa shape index (κ3) is 56.7. The summed E-state index contributed by atoms with van der Waals surface area (Å²) in [5.74, 6) is -0.604. The number of nitrogens with zero attached hydrogens (tertiary/aromatic N) is 1. The lowest BCUT2D eigenvalue weighted by atomic mass is 10.1. The highest BCUT2D eigenvalue weighted by atomic mass is 31.2. The quantitative estimate of drug-likeness (QED) is 0.0205. The highest BCUT2D eigenvalue weighted by molar-refractivity contribution is 7.47. The SMILES string of the molecule is CC/C=C\C/C=C\C/C=C\C/C=C\C/C=C\C/C=C\CCCCC(=O)OC(/C=C/CCCCCCCCCCC)C(COP(=O)(O)OCC[N+](C)(C)C)NC(=O)CCCCC/C=C\C/C=C\C/C=C\C/C=C\CCCCC. The van der Waals surface area contributed by atoms with Crippen molar-refractivity contribution in [3.05, 3.63) is 134 Å². The lowest BCUT2D eigenvalue weighted by Crippen LogP contribution is -2.47. The molecule has 0 radical (unpaired) electrons. The van der Waals surface area contributed by atoms with Gasteiger partial charge in [-0.05, 0) is 128 Å². The van der Waals surface area contributed by atoms with Crippen molar-refractivity contribution < 1.29 is 37.3 Å². The van der Waals surface area contributed by atoms with Crippen LogP contribution in [0.4, 0.5) is 0 Å². The maximum absolute atomic E-state index is 13.5. The van der Waals surface area contributed by atoms with Crippen LogP contribution in [0.1, 0.15) is 226 Å². The number of quaternary nitrogens is 1. The van der Waals surface area contributed by atoms with E-state index in [-0.39, 0.29) is 37.9 Å². The minimum atomic E-state index is -4.48. The van der Waals surface area contributed by atoms with E-state index in [9.17, 15) is 19.0 Å². The summed E-state index contributed by atoms with van der Waals surface area (Å²) < 4.78 is 30.6. The fourth-order valence-corrected chi connectivity index (χ4v) is 8.60. The second kappa shape index (κ2) is 55.5. The molecule has 0 aliphatic heterocycles. The van der Waals surface area contributed by atoms with Gasteiger partial charge < -0.3 is 19.4 Å². The Morgan fingerprint density at radius 1 is 0.468 bits per heavy atom. The number of likely N-dealkylation sites (N-methyl/N-ethyl adjacent to an activating group) is 1. The van der Waals surface area contributed by atoms with E-state index in [4.69, 9.17) is 13.8 Å². The first-order chi connectivity index (χ1) is 37.4. The molecule has 0 aromatic carbocycles. The number of amides is 1. The van der Waals surface area contributed by atoms with Gasteiger partial charge in [-0.3, -0.25) is 18.6 Å². The predicted octanol–water partition coefficient (Wildman–Crippen LogP) is 18.9. The van der Waals surface area contributed by atoms with E-state index in [1.807, 2.05) is 33.3 Å². The Morgan fingerprint density at radius 2 is 0.831 bits per heavy atom. The van der Waals surface area contributed by atoms with E-state index < -0.39 is 20.0 Å². The number of phosphoric ester groups is 1. The number of nitrogens with one attached hydrogen (secondary N) is 1. The summed E-state index contributed by atoms with van der Waals surface area (Å²) in [6.45, 7) is 6.78. The second-order valence-corrected chi connectivity index (χ2v) is 22.6. The molecule has 0 spiro atoms. The molecule has 0 aliphatic carbocycles. The molecule has 0 saturated heterocycles. The molecule has 1 amide bonds. The number of phosphoric acid groups is 1. The highest BCUT2D eigenvalue weighted by Gasteiger charge is 2.30. The summed E-state index contributed by atoms with van der Waals surface area (Å²) in [6.07, 6.45) is 78.8. The van der Waals surface area contributed by atoms with Gasteiger partial charge in [0.15, 0.2) is 0 Å². The van der Waals surface area contributed by atoms with E-state index in [0.29, 0.717) is 23.9 Å². The van der Waals surface area contributed by atoms with Crippen LogP contribution in [-0.2, 0) is 27.9 Å². The molecule has 0 fully saturated rings. The van der Waals surface area contributed by atoms with Crippen LogP contribution in [-0.4, -0.2) is 74.3 Å². The third-order valence-electron chi connectivity index (χ3n) is 12.6. The summed E-state index contributed by atoms with van der Waals surface area (Å²) in [7, 11) is 1.43. The normalized spacial score (nSPS) is 14.6. The standard InChI is InChI=1S/C67H113N2O7P/c1-7-10-13-16-19-22-25-27-29-31-33-34-36-38-40-42-45-48-51-54-57-60-67(71)76-65(58-55-52-49-46-43-24-21-18-15-12-9-3)64(63-75-77(72,73)74-62-61-69(4,5)6)68-66(70)59-56-53-50-47-44-41-39-37-35-32-30-28-26-23-20-17-14-11-8-2/h10,13,19-20,22-23,27-30,33-35,37-38,40-41,44-45,48,55,58,64-65H,7-9,11-12,14-18,21,24-26,31-32,36,39,42-43,46-47,49-54,56-57,59-63H2,1-6H3,(H-,68,70,72,73)/p+1/b13-10-,22-19-,23-20-,29-27-,30-28-,34-33-,37-35-,40-38-,44-41-,48-45-,58-55+. The molecule has 0 heterocycles. The number of hydrogen-bond donors (Lipinski definition) is 2. The van der Waals surface area contributed by atoms with Gasteiger partial charge in [0.05, 0.1) is 33.8 Å². The van der Waals surface area contributed by atoms with Crippen molar-refractivity contribution in [2.45, 2.75) is 238 Å². The maximum atomic E-state index is 13.5. The van der Waals surface area contributed by atoms with E-state index in [1.165, 1.54) is 70.6 Å². The van der Waals surface area contributed by atoms with Crippen molar-refractivity contribution in [1.29, 1.82) is 0 Å². The van der Waals surface area contributed by atoms with Crippen molar-refractivity contribution >= 4 is 19.7 Å². The second-order valence-electron chi connectivity index (χ2n) is 21.1. The van der Waals surface area contributed by atoms with Crippen LogP contribution in [0.3, 0.4) is 0 Å². The van der Waals surface area contributed by atoms with Crippen molar-refractivity contribution in [1.82, 2.24) is 5.32 Å². The lowest BCUT2D eigenvalue weighted by Gasteiger charge is -2.27. The van der Waals surface area contributed by atoms with Crippen LogP contribution in [0, 0.1) is 0 Å². The van der Waals surface area contributed by atoms with Crippen LogP contribution in [0.5, 0.6) is 0 Å². The molecule has 0 bridgehead atoms. The van der Waals surface area contributed by atoms with Crippen molar-refractivity contribution in [2.75, 3.05) is 40.9 Å². The van der Waals surface area contributed by atoms with E-state index in [0.717, 1.165) is 109 Å². The first kappa shape index (κ1) is 73.2. The fraction of sp³-hybridized carbons (Fsp3) is 0.642. The summed E-state index contributed by atoms with van der Waals surface area (Å²) >= 11 is 0. The van der Waals surface area contributed by atoms with Gasteiger partial charge in [0.1, 0.15) is 19.3 Å². The Balaban J connectivity index is 5.40. The average Bonchev–Trinajstić information content (AvgIpc) is 3.39. The zero-order valence-corrected chi connectivity index (χ0v) is 50.8. The molecule has 9 nitrogen and oxygen atoms in total. The lowest BCUT2D eigenvalue weighted by molar-refractivity contribution is -0.870. The molecule has 77 heavy (non-hydrogen) atoms. The van der Waals surface area contributed by atoms with Crippen molar-refractivity contribution in [2.24, 2.45) is 0 Å². The van der Waals surface area contributed by atoms with E-state index >= 15 is 0 Å². The molecule has 438 valence electrons. The minimum Gasteiger partial charge on any atom is -0.456 e. The number of rotatable bonds is 53. The van der Waals surface area contributed by atoms with Gasteiger partial charge in [0.25, 0.3) is 0 Å². The first-order valence-corrected chi connectivity index (χ1v) is 32.0. The van der Waals surface area contributed by atoms with Gasteiger partial charge in [0, 0.05) is 12.8 Å². The number of carbonyl (C=O) groups excluding carboxylic acids is 2. The molecule has 2 N–H and O–H groups in total. The maximum Gasteiger partial charge on any atom is 0.472 e. The highest BCUT2D eigenvalue weighted by Crippen LogP contribution is 2.43. The molecule has 0 rings (SSSR count). The number of allylic oxidation sites excluding steroid dienone is 21. The summed E-state index contributed by atoms with van der Waals surface area (Å²) in [5, 5.41) is 3.02. The largest absolute Gasteiger partial charge is 0.472 e. The molecular weight excluding hydrogens is 976 g/mol. The average molecular weight is 1090 g/mol. The van der Waals surface area contributed by atoms with Crippen LogP contribution < -0.4 is 5.32 Å². The van der Waals surface area contributed by atoms with Gasteiger partial charge in [-0.2, -0.15) is 0 Å². The summed E-state index contributed by atoms with van der Waals surface area (Å²) in [6, 6.07) is -0.893. The molecular formula is C67H114N2O7P+. The molecule has 0 aliphatic rings. The molecule has 3 unspecified atom stereocenters. The number of esters is 1. The minimum absolute atomic E-state index is 0.0188. The zero-order chi connectivity index (χ0) is 56.4. The fourth-order valence-electron chi connectivity index (χ4n) is 7.87. The Labute approximate surface area is 473 Å². The van der Waals surface area contributed by atoms with Gasteiger partial charge in [-0.1, -0.05) is 219 Å². The Morgan fingerprint density at radius 3 is 1.29 bits per heavy atom. The molecule has 0 saturated carbocycles. The van der Waals surface area contributed by atoms with E-state index in [2.05, 4.69) is 148 Å². The van der Waals surface area contributed by atoms with Gasteiger partial charge >= 0.3 is 13.8 Å². The van der Waals surface area contributed by atoms with Gasteiger partial charge in [0.2, 0.25) is 5.91 Å². The molecule has 0 aromatic heterocycles. The zero-order valence-electron chi connectivity index (χ0n) is 49.9. The number of unbranched alkanes of at least 4 members (excludes halogenated alkanes) is 17. The monoisotopic (exact) mass is 1090 g/mol. The number of carbonyl (C=O) groups is 2. The Hall–Kier alpha value is -3.85. The van der Waals surface area contributed by atoms with E-state index in [1.54, 1.807) is 0 Å². The van der Waals surface area contributed by atoms with Gasteiger partial charge in [-0.25, -0.2) is 4.57 Å². The van der Waals surface area contributed by atoms with Crippen LogP contribution in [0.2, 0.25) is 0 Å². The van der Waals surface area contributed by atoms with Gasteiger partial charge in [-0.15, -0.1) is 0 Å². The smallest absolute Gasteiger partial charge is 0.456 e. The molecule has 10 heteroatoms. The predicted molar refractivity (Wildman–Crippen MR) is 332 cm³/mol. The van der Waals surface area contributed by atoms with Crippen LogP contribution in [0.15, 0.2) is 134 Å². The summed E-state index contributed by atoms with van der Waals surface area (Å²) in [4.78, 5) is 37.7. The Bertz CT molecular complexity index is 1780.